The van der Waals surface area contributed by atoms with Gasteiger partial charge in [0, 0.05) is 25.6 Å². The maximum Gasteiger partial charge on any atom is 0.243 e. The van der Waals surface area contributed by atoms with Gasteiger partial charge in [-0.1, -0.05) is 42.5 Å². The van der Waals surface area contributed by atoms with E-state index in [1.807, 2.05) is 30.3 Å². The van der Waals surface area contributed by atoms with Crippen molar-refractivity contribution >= 4 is 15.9 Å². The number of benzene rings is 3. The molecule has 8 heteroatoms. The highest BCUT2D eigenvalue weighted by Gasteiger charge is 2.43. The molecular formula is C25H25FN2O4S. The van der Waals surface area contributed by atoms with Crippen molar-refractivity contribution in [1.82, 2.24) is 9.62 Å². The second-order valence-electron chi connectivity index (χ2n) is 7.97. The first kappa shape index (κ1) is 22.9. The molecular weight excluding hydrogens is 443 g/mol. The Hall–Kier alpha value is -3.23. The van der Waals surface area contributed by atoms with Crippen LogP contribution >= 0.6 is 0 Å². The summed E-state index contributed by atoms with van der Waals surface area (Å²) in [5.41, 5.74) is 1.67. The molecule has 172 valence electrons. The van der Waals surface area contributed by atoms with Gasteiger partial charge in [-0.3, -0.25) is 4.79 Å². The van der Waals surface area contributed by atoms with Crippen molar-refractivity contribution < 1.29 is 22.3 Å². The number of hydrogen-bond acceptors (Lipinski definition) is 4. The van der Waals surface area contributed by atoms with Gasteiger partial charge >= 0.3 is 0 Å². The molecule has 0 unspecified atom stereocenters. The Morgan fingerprint density at radius 1 is 1.00 bits per heavy atom. The summed E-state index contributed by atoms with van der Waals surface area (Å²) in [5, 5.41) is 2.89. The van der Waals surface area contributed by atoms with Crippen molar-refractivity contribution in [3.8, 4) is 5.75 Å². The molecule has 0 aromatic heterocycles. The summed E-state index contributed by atoms with van der Waals surface area (Å²) >= 11 is 0. The fourth-order valence-corrected chi connectivity index (χ4v) is 5.58. The van der Waals surface area contributed by atoms with E-state index in [0.29, 0.717) is 5.75 Å². The fraction of sp³-hybridized carbons (Fsp3) is 0.240. The minimum absolute atomic E-state index is 0.0726. The smallest absolute Gasteiger partial charge is 0.243 e. The monoisotopic (exact) mass is 468 g/mol. The van der Waals surface area contributed by atoms with E-state index in [2.05, 4.69) is 5.32 Å². The lowest BCUT2D eigenvalue weighted by atomic mass is 9.88. The second kappa shape index (κ2) is 9.72. The van der Waals surface area contributed by atoms with E-state index < -0.39 is 15.9 Å². The molecule has 0 radical (unpaired) electrons. The molecule has 1 heterocycles. The topological polar surface area (TPSA) is 75.7 Å². The summed E-state index contributed by atoms with van der Waals surface area (Å²) in [4.78, 5) is 13.3. The lowest BCUT2D eigenvalue weighted by Crippen LogP contribution is -2.35. The van der Waals surface area contributed by atoms with Gasteiger partial charge in [-0.15, -0.1) is 0 Å². The summed E-state index contributed by atoms with van der Waals surface area (Å²) < 4.78 is 46.3. The highest BCUT2D eigenvalue weighted by Crippen LogP contribution is 2.36. The minimum atomic E-state index is -3.79. The van der Waals surface area contributed by atoms with Gasteiger partial charge in [-0.2, -0.15) is 4.31 Å². The van der Waals surface area contributed by atoms with Gasteiger partial charge in [-0.25, -0.2) is 12.8 Å². The predicted octanol–water partition coefficient (Wildman–Crippen LogP) is 3.56. The van der Waals surface area contributed by atoms with Crippen LogP contribution in [0.25, 0.3) is 0 Å². The van der Waals surface area contributed by atoms with E-state index >= 15 is 0 Å². The van der Waals surface area contributed by atoms with E-state index in [4.69, 9.17) is 4.74 Å². The molecule has 2 atom stereocenters. The molecule has 4 rings (SSSR count). The second-order valence-corrected chi connectivity index (χ2v) is 9.90. The molecule has 3 aromatic rings. The molecule has 0 spiro atoms. The number of nitrogens with zero attached hydrogens (tertiary/aromatic N) is 1. The molecule has 1 N–H and O–H groups in total. The predicted molar refractivity (Wildman–Crippen MR) is 123 cm³/mol. The lowest BCUT2D eigenvalue weighted by Gasteiger charge is -2.18. The Kier molecular flexibility index (Phi) is 6.76. The Morgan fingerprint density at radius 3 is 2.30 bits per heavy atom. The average molecular weight is 469 g/mol. The number of methoxy groups -OCH3 is 1. The van der Waals surface area contributed by atoms with Crippen molar-refractivity contribution in [3.63, 3.8) is 0 Å². The van der Waals surface area contributed by atoms with E-state index in [0.717, 1.165) is 11.1 Å². The van der Waals surface area contributed by atoms with Gasteiger partial charge in [0.2, 0.25) is 15.9 Å². The van der Waals surface area contributed by atoms with Crippen LogP contribution in [-0.4, -0.2) is 38.8 Å². The number of hydrogen-bond donors (Lipinski definition) is 1. The Labute approximate surface area is 193 Å². The van der Waals surface area contributed by atoms with Crippen LogP contribution in [0, 0.1) is 11.7 Å². The Morgan fingerprint density at radius 2 is 1.67 bits per heavy atom. The molecule has 0 saturated carbocycles. The molecule has 1 aliphatic rings. The van der Waals surface area contributed by atoms with Crippen LogP contribution < -0.4 is 10.1 Å². The third kappa shape index (κ3) is 5.07. The van der Waals surface area contributed by atoms with Crippen molar-refractivity contribution in [3.05, 3.63) is 95.8 Å². The van der Waals surface area contributed by atoms with Crippen molar-refractivity contribution in [2.75, 3.05) is 20.2 Å². The van der Waals surface area contributed by atoms with Gasteiger partial charge in [-0.05, 0) is 47.5 Å². The van der Waals surface area contributed by atoms with Gasteiger partial charge in [0.15, 0.2) is 0 Å². The van der Waals surface area contributed by atoms with Crippen molar-refractivity contribution in [2.24, 2.45) is 5.92 Å². The van der Waals surface area contributed by atoms with Gasteiger partial charge in [0.25, 0.3) is 0 Å². The van der Waals surface area contributed by atoms with E-state index in [1.54, 1.807) is 24.3 Å². The molecule has 6 nitrogen and oxygen atoms in total. The summed E-state index contributed by atoms with van der Waals surface area (Å²) in [6.45, 7) is 0.512. The quantitative estimate of drug-likeness (QED) is 0.575. The highest BCUT2D eigenvalue weighted by atomic mass is 32.2. The third-order valence-corrected chi connectivity index (χ3v) is 7.77. The number of carbonyl (C=O) groups is 1. The molecule has 3 aromatic carbocycles. The Bertz CT molecular complexity index is 1200. The maximum absolute atomic E-state index is 13.3. The van der Waals surface area contributed by atoms with Crippen LogP contribution in [0.2, 0.25) is 0 Å². The highest BCUT2D eigenvalue weighted by molar-refractivity contribution is 7.89. The zero-order chi connectivity index (χ0) is 23.4. The van der Waals surface area contributed by atoms with Crippen LogP contribution in [-0.2, 0) is 21.4 Å². The third-order valence-electron chi connectivity index (χ3n) is 5.93. The number of nitrogens with one attached hydrogen (secondary N) is 1. The molecule has 1 saturated heterocycles. The average Bonchev–Trinajstić information content (AvgIpc) is 3.31. The first-order valence-corrected chi connectivity index (χ1v) is 12.0. The fourth-order valence-electron chi connectivity index (χ4n) is 4.09. The molecule has 0 bridgehead atoms. The normalized spacial score (nSPS) is 18.7. The summed E-state index contributed by atoms with van der Waals surface area (Å²) in [7, 11) is -2.27. The molecule has 1 aliphatic heterocycles. The van der Waals surface area contributed by atoms with Crippen molar-refractivity contribution in [1.29, 1.82) is 0 Å². The Balaban J connectivity index is 1.56. The molecule has 0 aliphatic carbocycles. The first-order valence-electron chi connectivity index (χ1n) is 10.6. The van der Waals surface area contributed by atoms with E-state index in [1.165, 1.54) is 35.7 Å². The van der Waals surface area contributed by atoms with Crippen LogP contribution in [0.5, 0.6) is 5.75 Å². The summed E-state index contributed by atoms with van der Waals surface area (Å²) in [5.74, 6) is -0.853. The van der Waals surface area contributed by atoms with Gasteiger partial charge < -0.3 is 10.1 Å². The molecule has 1 amide bonds. The lowest BCUT2D eigenvalue weighted by molar-refractivity contribution is -0.125. The number of sulfonamides is 1. The first-order chi connectivity index (χ1) is 15.9. The SMILES string of the molecule is COc1ccc(S(=O)(=O)N2C[C@H](C(=O)NCc3ccc(F)cc3)[C@@H](c3ccccc3)C2)cc1. The zero-order valence-electron chi connectivity index (χ0n) is 18.1. The maximum atomic E-state index is 13.3. The zero-order valence-corrected chi connectivity index (χ0v) is 19.0. The number of amides is 1. The number of ether oxygens (including phenoxy) is 1. The van der Waals surface area contributed by atoms with Gasteiger partial charge in [0.1, 0.15) is 11.6 Å². The van der Waals surface area contributed by atoms with E-state index in [9.17, 15) is 17.6 Å². The molecule has 33 heavy (non-hydrogen) atoms. The summed E-state index contributed by atoms with van der Waals surface area (Å²) in [6, 6.07) is 21.6. The van der Waals surface area contributed by atoms with Gasteiger partial charge in [0.05, 0.1) is 17.9 Å². The van der Waals surface area contributed by atoms with Crippen LogP contribution in [0.3, 0.4) is 0 Å². The minimum Gasteiger partial charge on any atom is -0.497 e. The summed E-state index contributed by atoms with van der Waals surface area (Å²) in [6.07, 6.45) is 0. The van der Waals surface area contributed by atoms with Crippen LogP contribution in [0.1, 0.15) is 17.0 Å². The van der Waals surface area contributed by atoms with Crippen LogP contribution in [0.4, 0.5) is 4.39 Å². The van der Waals surface area contributed by atoms with Crippen LogP contribution in [0.15, 0.2) is 83.8 Å². The van der Waals surface area contributed by atoms with Crippen molar-refractivity contribution in [2.45, 2.75) is 17.4 Å². The largest absolute Gasteiger partial charge is 0.497 e. The standard InChI is InChI=1S/C25H25FN2O4S/c1-32-21-11-13-22(14-12-21)33(30,31)28-16-23(19-5-3-2-4-6-19)24(17-28)25(29)27-15-18-7-9-20(26)10-8-18/h2-14,23-24H,15-17H2,1H3,(H,27,29)/t23-,24+/m1/s1. The number of carbonyl (C=O) groups excluding carboxylic acids is 1. The number of rotatable bonds is 7. The molecule has 1 fully saturated rings. The van der Waals surface area contributed by atoms with E-state index in [-0.39, 0.29) is 42.2 Å². The number of halogens is 1.